The third-order valence-corrected chi connectivity index (χ3v) is 7.46. The highest BCUT2D eigenvalue weighted by Crippen LogP contribution is 2.29. The SMILES string of the molecule is COc1ccc(C(=O)N2CCNC(=O)c3ccc(OC)c(c3)OCCn3nc(-c4ccccc4)nc3[C@@H](C(C)C)NC(=O)C2)cn1. The number of fused-ring (bicyclic) bond motifs is 3. The summed E-state index contributed by atoms with van der Waals surface area (Å²) in [6.45, 7) is 4.31. The maximum Gasteiger partial charge on any atom is 0.255 e. The lowest BCUT2D eigenvalue weighted by Crippen LogP contribution is -2.46. The highest BCUT2D eigenvalue weighted by molar-refractivity contribution is 5.97. The van der Waals surface area contributed by atoms with Crippen molar-refractivity contribution in [1.29, 1.82) is 0 Å². The topological polar surface area (TPSA) is 150 Å². The van der Waals surface area contributed by atoms with E-state index in [4.69, 9.17) is 24.3 Å². The van der Waals surface area contributed by atoms with Crippen LogP contribution in [-0.4, -0.2) is 82.8 Å². The zero-order chi connectivity index (χ0) is 32.6. The molecule has 0 spiro atoms. The molecule has 0 saturated carbocycles. The van der Waals surface area contributed by atoms with Crippen LogP contribution >= 0.6 is 0 Å². The number of benzene rings is 2. The first-order valence-corrected chi connectivity index (χ1v) is 14.9. The Labute approximate surface area is 266 Å². The van der Waals surface area contributed by atoms with Gasteiger partial charge in [-0.2, -0.15) is 5.10 Å². The summed E-state index contributed by atoms with van der Waals surface area (Å²) in [6.07, 6.45) is 1.39. The molecule has 5 rings (SSSR count). The predicted octanol–water partition coefficient (Wildman–Crippen LogP) is 3.14. The lowest BCUT2D eigenvalue weighted by Gasteiger charge is -2.26. The van der Waals surface area contributed by atoms with Crippen molar-refractivity contribution in [1.82, 2.24) is 35.3 Å². The first-order chi connectivity index (χ1) is 22.3. The van der Waals surface area contributed by atoms with Gasteiger partial charge in [-0.15, -0.1) is 0 Å². The Bertz CT molecular complexity index is 1670. The first-order valence-electron chi connectivity index (χ1n) is 14.9. The number of aromatic nitrogens is 4. The van der Waals surface area contributed by atoms with E-state index in [0.29, 0.717) is 41.1 Å². The Balaban J connectivity index is 1.52. The largest absolute Gasteiger partial charge is 0.493 e. The van der Waals surface area contributed by atoms with E-state index in [-0.39, 0.29) is 43.6 Å². The summed E-state index contributed by atoms with van der Waals surface area (Å²) in [5.41, 5.74) is 1.45. The van der Waals surface area contributed by atoms with Gasteiger partial charge in [-0.05, 0) is 30.2 Å². The molecule has 0 aliphatic carbocycles. The van der Waals surface area contributed by atoms with Crippen molar-refractivity contribution in [3.8, 4) is 28.8 Å². The molecule has 240 valence electrons. The molecule has 2 N–H and O–H groups in total. The van der Waals surface area contributed by atoms with Gasteiger partial charge in [0.25, 0.3) is 11.8 Å². The molecule has 4 aromatic rings. The normalized spacial score (nSPS) is 16.0. The van der Waals surface area contributed by atoms with E-state index < -0.39 is 17.9 Å². The maximum atomic E-state index is 13.6. The lowest BCUT2D eigenvalue weighted by molar-refractivity contribution is -0.123. The maximum absolute atomic E-state index is 13.6. The molecule has 0 unspecified atom stereocenters. The molecule has 3 heterocycles. The third-order valence-electron chi connectivity index (χ3n) is 7.46. The molecular formula is C33H37N7O6. The summed E-state index contributed by atoms with van der Waals surface area (Å²) in [7, 11) is 3.01. The van der Waals surface area contributed by atoms with Crippen LogP contribution in [0.4, 0.5) is 0 Å². The van der Waals surface area contributed by atoms with Crippen molar-refractivity contribution in [2.75, 3.05) is 40.5 Å². The number of ether oxygens (including phenoxy) is 3. The van der Waals surface area contributed by atoms with Gasteiger partial charge >= 0.3 is 0 Å². The van der Waals surface area contributed by atoms with Gasteiger partial charge in [0, 0.05) is 36.5 Å². The number of hydrogen-bond donors (Lipinski definition) is 2. The molecule has 0 radical (unpaired) electrons. The number of rotatable bonds is 5. The molecule has 0 saturated heterocycles. The molecule has 46 heavy (non-hydrogen) atoms. The minimum Gasteiger partial charge on any atom is -0.493 e. The molecule has 3 amide bonds. The Hall–Kier alpha value is -5.46. The fourth-order valence-corrected chi connectivity index (χ4v) is 5.02. The number of hydrogen-bond acceptors (Lipinski definition) is 9. The molecule has 13 nitrogen and oxygen atoms in total. The zero-order valence-corrected chi connectivity index (χ0v) is 26.2. The second-order valence-corrected chi connectivity index (χ2v) is 11.0. The quantitative estimate of drug-likeness (QED) is 0.340. The monoisotopic (exact) mass is 627 g/mol. The summed E-state index contributed by atoms with van der Waals surface area (Å²) in [5.74, 6) is 0.996. The molecular weight excluding hydrogens is 590 g/mol. The minimum atomic E-state index is -0.537. The third kappa shape index (κ3) is 7.42. The molecule has 0 fully saturated rings. The number of carbonyl (C=O) groups is 3. The summed E-state index contributed by atoms with van der Waals surface area (Å²) in [6, 6.07) is 17.1. The van der Waals surface area contributed by atoms with E-state index in [9.17, 15) is 14.4 Å². The van der Waals surface area contributed by atoms with Crippen molar-refractivity contribution in [3.63, 3.8) is 0 Å². The molecule has 2 bridgehead atoms. The van der Waals surface area contributed by atoms with Crippen LogP contribution in [0.2, 0.25) is 0 Å². The van der Waals surface area contributed by atoms with E-state index in [1.165, 1.54) is 25.3 Å². The van der Waals surface area contributed by atoms with Crippen LogP contribution in [-0.2, 0) is 11.3 Å². The molecule has 2 aromatic carbocycles. The molecule has 1 atom stereocenters. The van der Waals surface area contributed by atoms with Crippen molar-refractivity contribution >= 4 is 17.7 Å². The number of carbonyl (C=O) groups excluding carboxylic acids is 3. The van der Waals surface area contributed by atoms with Crippen LogP contribution in [0.3, 0.4) is 0 Å². The van der Waals surface area contributed by atoms with Gasteiger partial charge < -0.3 is 29.7 Å². The summed E-state index contributed by atoms with van der Waals surface area (Å²) >= 11 is 0. The number of amides is 3. The van der Waals surface area contributed by atoms with E-state index in [1.807, 2.05) is 44.2 Å². The van der Waals surface area contributed by atoms with Crippen LogP contribution < -0.4 is 24.8 Å². The van der Waals surface area contributed by atoms with Gasteiger partial charge in [0.2, 0.25) is 11.8 Å². The first kappa shape index (κ1) is 31.9. The standard InChI is InChI=1S/C33H37N7O6/c1-21(2)29-31-37-30(22-8-6-5-7-9-22)38-40(31)16-17-46-26-18-23(10-12-25(26)44-3)32(42)34-14-15-39(20-27(41)36-29)33(43)24-11-13-28(45-4)35-19-24/h5-13,18-19,21,29H,14-17,20H2,1-4H3,(H,34,42)(H,36,41)/t29-/m1/s1. The highest BCUT2D eigenvalue weighted by Gasteiger charge is 2.28. The molecule has 1 aliphatic heterocycles. The van der Waals surface area contributed by atoms with E-state index >= 15 is 0 Å². The van der Waals surface area contributed by atoms with Crippen LogP contribution in [0.15, 0.2) is 66.9 Å². The summed E-state index contributed by atoms with van der Waals surface area (Å²) in [5, 5.41) is 10.7. The van der Waals surface area contributed by atoms with Gasteiger partial charge in [0.05, 0.1) is 38.9 Å². The fourth-order valence-electron chi connectivity index (χ4n) is 5.02. The van der Waals surface area contributed by atoms with Gasteiger partial charge in [-0.1, -0.05) is 44.2 Å². The van der Waals surface area contributed by atoms with Crippen molar-refractivity contribution in [2.24, 2.45) is 5.92 Å². The summed E-state index contributed by atoms with van der Waals surface area (Å²) in [4.78, 5) is 50.7. The predicted molar refractivity (Wildman–Crippen MR) is 169 cm³/mol. The van der Waals surface area contributed by atoms with Crippen LogP contribution in [0.25, 0.3) is 11.4 Å². The van der Waals surface area contributed by atoms with Crippen molar-refractivity contribution < 1.29 is 28.6 Å². The van der Waals surface area contributed by atoms with Crippen LogP contribution in [0, 0.1) is 5.92 Å². The second-order valence-electron chi connectivity index (χ2n) is 11.0. The number of nitrogens with one attached hydrogen (secondary N) is 2. The lowest BCUT2D eigenvalue weighted by atomic mass is 10.0. The number of pyridine rings is 1. The summed E-state index contributed by atoms with van der Waals surface area (Å²) < 4.78 is 18.4. The average Bonchev–Trinajstić information content (AvgIpc) is 3.49. The minimum absolute atomic E-state index is 0.0597. The van der Waals surface area contributed by atoms with Crippen LogP contribution in [0.5, 0.6) is 17.4 Å². The molecule has 13 heteroatoms. The van der Waals surface area contributed by atoms with Gasteiger partial charge in [0.15, 0.2) is 23.1 Å². The highest BCUT2D eigenvalue weighted by atomic mass is 16.5. The van der Waals surface area contributed by atoms with Crippen LogP contribution in [0.1, 0.15) is 46.4 Å². The Kier molecular flexibility index (Phi) is 10.1. The number of methoxy groups -OCH3 is 2. The smallest absolute Gasteiger partial charge is 0.255 e. The van der Waals surface area contributed by atoms with Gasteiger partial charge in [-0.3, -0.25) is 14.4 Å². The van der Waals surface area contributed by atoms with E-state index in [2.05, 4.69) is 15.6 Å². The molecule has 2 aromatic heterocycles. The van der Waals surface area contributed by atoms with Crippen molar-refractivity contribution in [3.05, 3.63) is 83.8 Å². The number of nitrogens with zero attached hydrogens (tertiary/aromatic N) is 5. The zero-order valence-electron chi connectivity index (χ0n) is 26.2. The average molecular weight is 628 g/mol. The Morgan fingerprint density at radius 1 is 1.00 bits per heavy atom. The van der Waals surface area contributed by atoms with Gasteiger partial charge in [0.1, 0.15) is 6.61 Å². The molecule has 1 aliphatic rings. The Morgan fingerprint density at radius 2 is 1.80 bits per heavy atom. The van der Waals surface area contributed by atoms with Crippen molar-refractivity contribution in [2.45, 2.75) is 26.4 Å². The van der Waals surface area contributed by atoms with E-state index in [0.717, 1.165) is 5.56 Å². The van der Waals surface area contributed by atoms with E-state index in [1.54, 1.807) is 35.0 Å². The Morgan fingerprint density at radius 3 is 2.50 bits per heavy atom. The second kappa shape index (κ2) is 14.5. The van der Waals surface area contributed by atoms with Gasteiger partial charge in [-0.25, -0.2) is 14.6 Å². The fraction of sp³-hybridized carbons (Fsp3) is 0.333.